The van der Waals surface area contributed by atoms with Crippen LogP contribution in [0.3, 0.4) is 0 Å². The summed E-state index contributed by atoms with van der Waals surface area (Å²) >= 11 is 11.8. The summed E-state index contributed by atoms with van der Waals surface area (Å²) in [6.07, 6.45) is 1.56. The molecule has 1 aliphatic rings. The van der Waals surface area contributed by atoms with E-state index in [9.17, 15) is 9.59 Å². The minimum atomic E-state index is -0.484. The van der Waals surface area contributed by atoms with Gasteiger partial charge in [0.05, 0.1) is 15.7 Å². The molecule has 0 unspecified atom stereocenters. The Morgan fingerprint density at radius 2 is 1.68 bits per heavy atom. The van der Waals surface area contributed by atoms with Crippen molar-refractivity contribution < 1.29 is 9.59 Å². The van der Waals surface area contributed by atoms with Crippen LogP contribution in [0.5, 0.6) is 0 Å². The van der Waals surface area contributed by atoms with Crippen molar-refractivity contribution in [3.8, 4) is 0 Å². The Kier molecular flexibility index (Phi) is 3.88. The van der Waals surface area contributed by atoms with E-state index < -0.39 is 11.9 Å². The van der Waals surface area contributed by atoms with E-state index >= 15 is 0 Å². The van der Waals surface area contributed by atoms with Crippen molar-refractivity contribution in [2.75, 3.05) is 4.90 Å². The minimum Gasteiger partial charge on any atom is -0.302 e. The number of nitrogens with one attached hydrogen (secondary N) is 1. The van der Waals surface area contributed by atoms with Gasteiger partial charge in [-0.15, -0.1) is 0 Å². The van der Waals surface area contributed by atoms with Gasteiger partial charge in [0, 0.05) is 0 Å². The fraction of sp³-hybridized carbons (Fsp3) is 0. The van der Waals surface area contributed by atoms with E-state index in [2.05, 4.69) is 5.32 Å². The van der Waals surface area contributed by atoms with Gasteiger partial charge in [-0.05, 0) is 35.9 Å². The van der Waals surface area contributed by atoms with Gasteiger partial charge in [0.1, 0.15) is 5.70 Å². The lowest BCUT2D eigenvalue weighted by atomic mass is 10.2. The molecule has 0 atom stereocenters. The van der Waals surface area contributed by atoms with Gasteiger partial charge in [0.15, 0.2) is 0 Å². The zero-order chi connectivity index (χ0) is 15.7. The third-order valence-corrected chi connectivity index (χ3v) is 3.89. The van der Waals surface area contributed by atoms with Crippen LogP contribution >= 0.6 is 23.2 Å². The number of benzene rings is 2. The van der Waals surface area contributed by atoms with Crippen molar-refractivity contribution in [2.24, 2.45) is 0 Å². The average Bonchev–Trinajstić information content (AvgIpc) is 2.78. The van der Waals surface area contributed by atoms with Crippen LogP contribution in [0.25, 0.3) is 6.08 Å². The zero-order valence-corrected chi connectivity index (χ0v) is 12.7. The first kappa shape index (κ1) is 14.6. The van der Waals surface area contributed by atoms with Crippen LogP contribution in [-0.4, -0.2) is 11.9 Å². The number of carbonyl (C=O) groups excluding carboxylic acids is 2. The van der Waals surface area contributed by atoms with Gasteiger partial charge in [-0.2, -0.15) is 0 Å². The molecule has 1 aliphatic heterocycles. The zero-order valence-electron chi connectivity index (χ0n) is 11.2. The molecule has 110 valence electrons. The lowest BCUT2D eigenvalue weighted by Gasteiger charge is -2.10. The van der Waals surface area contributed by atoms with Crippen molar-refractivity contribution in [1.29, 1.82) is 0 Å². The summed E-state index contributed by atoms with van der Waals surface area (Å²) in [5.41, 5.74) is 1.38. The summed E-state index contributed by atoms with van der Waals surface area (Å²) in [6.45, 7) is 0. The molecule has 1 saturated heterocycles. The van der Waals surface area contributed by atoms with Crippen LogP contribution in [0.2, 0.25) is 10.0 Å². The fourth-order valence-corrected chi connectivity index (χ4v) is 2.42. The normalized spacial score (nSPS) is 16.3. The molecule has 2 aromatic carbocycles. The molecule has 3 rings (SSSR count). The van der Waals surface area contributed by atoms with Crippen LogP contribution in [0.15, 0.2) is 54.2 Å². The molecule has 1 fully saturated rings. The summed E-state index contributed by atoms with van der Waals surface area (Å²) in [7, 11) is 0. The van der Waals surface area contributed by atoms with Crippen LogP contribution in [0.1, 0.15) is 5.56 Å². The van der Waals surface area contributed by atoms with Crippen LogP contribution in [-0.2, 0) is 4.79 Å². The minimum absolute atomic E-state index is 0.187. The SMILES string of the molecule is O=C1NC(=Cc2ccc(Cl)c(Cl)c2)C(=O)N1c1ccccc1. The molecule has 0 radical (unpaired) electrons. The van der Waals surface area contributed by atoms with E-state index in [0.717, 1.165) is 4.90 Å². The highest BCUT2D eigenvalue weighted by molar-refractivity contribution is 6.42. The molecule has 1 heterocycles. The number of hydrogen-bond acceptors (Lipinski definition) is 2. The second-order valence-electron chi connectivity index (χ2n) is 4.64. The quantitative estimate of drug-likeness (QED) is 0.665. The van der Waals surface area contributed by atoms with E-state index in [1.807, 2.05) is 6.07 Å². The first-order valence-electron chi connectivity index (χ1n) is 6.43. The maximum atomic E-state index is 12.4. The van der Waals surface area contributed by atoms with Crippen molar-refractivity contribution in [1.82, 2.24) is 5.32 Å². The largest absolute Gasteiger partial charge is 0.333 e. The van der Waals surface area contributed by atoms with Gasteiger partial charge in [0.2, 0.25) is 0 Å². The van der Waals surface area contributed by atoms with Crippen molar-refractivity contribution >= 4 is 46.9 Å². The summed E-state index contributed by atoms with van der Waals surface area (Å²) in [5.74, 6) is -0.415. The van der Waals surface area contributed by atoms with Crippen LogP contribution < -0.4 is 10.2 Å². The molecule has 4 nitrogen and oxygen atoms in total. The average molecular weight is 333 g/mol. The molecule has 1 N–H and O–H groups in total. The number of para-hydroxylation sites is 1. The number of urea groups is 1. The second-order valence-corrected chi connectivity index (χ2v) is 5.45. The smallest absolute Gasteiger partial charge is 0.302 e. The molecule has 0 aliphatic carbocycles. The van der Waals surface area contributed by atoms with E-state index in [-0.39, 0.29) is 5.70 Å². The molecule has 2 aromatic rings. The molecule has 0 spiro atoms. The van der Waals surface area contributed by atoms with Gasteiger partial charge < -0.3 is 5.32 Å². The fourth-order valence-electron chi connectivity index (χ4n) is 2.12. The number of rotatable bonds is 2. The maximum absolute atomic E-state index is 12.4. The Morgan fingerprint density at radius 1 is 0.955 bits per heavy atom. The summed E-state index contributed by atoms with van der Waals surface area (Å²) in [4.78, 5) is 25.5. The highest BCUT2D eigenvalue weighted by Gasteiger charge is 2.34. The van der Waals surface area contributed by atoms with E-state index in [1.54, 1.807) is 48.5 Å². The van der Waals surface area contributed by atoms with Crippen LogP contribution in [0, 0.1) is 0 Å². The topological polar surface area (TPSA) is 49.4 Å². The van der Waals surface area contributed by atoms with Gasteiger partial charge >= 0.3 is 6.03 Å². The maximum Gasteiger partial charge on any atom is 0.333 e. The molecule has 22 heavy (non-hydrogen) atoms. The van der Waals surface area contributed by atoms with Gasteiger partial charge in [0.25, 0.3) is 5.91 Å². The van der Waals surface area contributed by atoms with Gasteiger partial charge in [-0.3, -0.25) is 4.79 Å². The molecular formula is C16H10Cl2N2O2. The standard InChI is InChI=1S/C16H10Cl2N2O2/c17-12-7-6-10(8-13(12)18)9-14-15(21)20(16(22)19-14)11-4-2-1-3-5-11/h1-9H,(H,19,22). The lowest BCUT2D eigenvalue weighted by Crippen LogP contribution is -2.30. The van der Waals surface area contributed by atoms with Crippen molar-refractivity contribution in [2.45, 2.75) is 0 Å². The number of anilines is 1. The Morgan fingerprint density at radius 3 is 2.36 bits per heavy atom. The van der Waals surface area contributed by atoms with E-state index in [0.29, 0.717) is 21.3 Å². The number of amides is 3. The summed E-state index contributed by atoms with van der Waals surface area (Å²) in [5, 5.41) is 3.37. The van der Waals surface area contributed by atoms with Gasteiger partial charge in [-0.25, -0.2) is 9.69 Å². The molecule has 0 aromatic heterocycles. The van der Waals surface area contributed by atoms with Crippen molar-refractivity contribution in [3.05, 3.63) is 69.8 Å². The third kappa shape index (κ3) is 2.71. The monoisotopic (exact) mass is 332 g/mol. The van der Waals surface area contributed by atoms with E-state index in [4.69, 9.17) is 23.2 Å². The van der Waals surface area contributed by atoms with Gasteiger partial charge in [-0.1, -0.05) is 47.5 Å². The first-order chi connectivity index (χ1) is 10.6. The Labute approximate surface area is 136 Å². The molecule has 0 bridgehead atoms. The number of nitrogens with zero attached hydrogens (tertiary/aromatic N) is 1. The predicted molar refractivity (Wildman–Crippen MR) is 86.9 cm³/mol. The Bertz CT molecular complexity index is 788. The molecule has 6 heteroatoms. The molecular weight excluding hydrogens is 323 g/mol. The number of imide groups is 1. The Balaban J connectivity index is 1.93. The van der Waals surface area contributed by atoms with Crippen molar-refractivity contribution in [3.63, 3.8) is 0 Å². The third-order valence-electron chi connectivity index (χ3n) is 3.15. The predicted octanol–water partition coefficient (Wildman–Crippen LogP) is 4.09. The summed E-state index contributed by atoms with van der Waals surface area (Å²) < 4.78 is 0. The van der Waals surface area contributed by atoms with E-state index in [1.165, 1.54) is 0 Å². The lowest BCUT2D eigenvalue weighted by molar-refractivity contribution is -0.113. The first-order valence-corrected chi connectivity index (χ1v) is 7.19. The number of halogens is 2. The number of carbonyl (C=O) groups is 2. The highest BCUT2D eigenvalue weighted by Crippen LogP contribution is 2.25. The van der Waals surface area contributed by atoms with Crippen LogP contribution in [0.4, 0.5) is 10.5 Å². The molecule has 3 amide bonds. The summed E-state index contributed by atoms with van der Waals surface area (Å²) in [6, 6.07) is 13.2. The Hall–Kier alpha value is -2.30. The number of hydrogen-bond donors (Lipinski definition) is 1. The second kappa shape index (κ2) is 5.83. The highest BCUT2D eigenvalue weighted by atomic mass is 35.5. The molecule has 0 saturated carbocycles.